The van der Waals surface area contributed by atoms with Crippen LogP contribution in [-0.4, -0.2) is 25.6 Å². The summed E-state index contributed by atoms with van der Waals surface area (Å²) in [6, 6.07) is 4.34. The number of nitrogens with zero attached hydrogens (tertiary/aromatic N) is 3. The first-order chi connectivity index (χ1) is 17.0. The highest BCUT2D eigenvalue weighted by Crippen LogP contribution is 2.37. The maximum absolute atomic E-state index is 14.5. The SMILES string of the molecule is O=C(O)CC(c1c(F)cc(F)cc1F)n1cnc(=O)c2cc(Oc3ncccc3C(F)(F)F)ccc21. The lowest BCUT2D eigenvalue weighted by Crippen LogP contribution is -2.22. The normalized spacial score (nSPS) is 12.5. The van der Waals surface area contributed by atoms with Crippen molar-refractivity contribution in [3.63, 3.8) is 0 Å². The molecule has 0 fully saturated rings. The summed E-state index contributed by atoms with van der Waals surface area (Å²) >= 11 is 0. The molecule has 0 saturated heterocycles. The Labute approximate surface area is 197 Å². The summed E-state index contributed by atoms with van der Waals surface area (Å²) in [4.78, 5) is 31.1. The van der Waals surface area contributed by atoms with E-state index in [0.29, 0.717) is 12.1 Å². The lowest BCUT2D eigenvalue weighted by atomic mass is 10.0. The van der Waals surface area contributed by atoms with Gasteiger partial charge in [0.1, 0.15) is 28.8 Å². The number of hydrogen-bond acceptors (Lipinski definition) is 5. The molecule has 2 aromatic heterocycles. The van der Waals surface area contributed by atoms with Gasteiger partial charge in [0.25, 0.3) is 5.56 Å². The second-order valence-electron chi connectivity index (χ2n) is 7.49. The molecule has 0 spiro atoms. The summed E-state index contributed by atoms with van der Waals surface area (Å²) in [5.74, 6) is -6.43. The van der Waals surface area contributed by atoms with Crippen molar-refractivity contribution in [3.8, 4) is 11.6 Å². The average molecular weight is 509 g/mol. The Balaban J connectivity index is 1.85. The van der Waals surface area contributed by atoms with Gasteiger partial charge in [0.2, 0.25) is 5.88 Å². The summed E-state index contributed by atoms with van der Waals surface area (Å²) in [7, 11) is 0. The second-order valence-corrected chi connectivity index (χ2v) is 7.49. The Morgan fingerprint density at radius 3 is 2.39 bits per heavy atom. The maximum Gasteiger partial charge on any atom is 0.421 e. The molecule has 7 nitrogen and oxygen atoms in total. The summed E-state index contributed by atoms with van der Waals surface area (Å²) in [6.45, 7) is 0. The Hall–Kier alpha value is -4.42. The molecule has 0 aliphatic rings. The van der Waals surface area contributed by atoms with Crippen LogP contribution in [0.25, 0.3) is 10.9 Å². The Morgan fingerprint density at radius 1 is 1.06 bits per heavy atom. The van der Waals surface area contributed by atoms with E-state index in [1.165, 1.54) is 6.07 Å². The van der Waals surface area contributed by atoms with Crippen molar-refractivity contribution < 1.29 is 41.0 Å². The van der Waals surface area contributed by atoms with E-state index in [-0.39, 0.29) is 16.7 Å². The predicted octanol–water partition coefficient (Wildman–Crippen LogP) is 5.08. The quantitative estimate of drug-likeness (QED) is 0.364. The Kier molecular flexibility index (Phi) is 6.39. The first-order valence-electron chi connectivity index (χ1n) is 10.0. The molecule has 0 aliphatic heterocycles. The molecule has 2 heterocycles. The second kappa shape index (κ2) is 9.32. The van der Waals surface area contributed by atoms with Gasteiger partial charge in [-0.25, -0.2) is 18.2 Å². The highest BCUT2D eigenvalue weighted by atomic mass is 19.4. The smallest absolute Gasteiger partial charge is 0.421 e. The van der Waals surface area contributed by atoms with Gasteiger partial charge in [0, 0.05) is 23.9 Å². The Morgan fingerprint density at radius 2 is 1.75 bits per heavy atom. The molecular weight excluding hydrogens is 496 g/mol. The molecule has 0 saturated carbocycles. The van der Waals surface area contributed by atoms with Crippen LogP contribution in [0.5, 0.6) is 11.6 Å². The summed E-state index contributed by atoms with van der Waals surface area (Å²) in [6.07, 6.45) is -3.72. The standard InChI is InChI=1S/C23H13F6N3O4/c24-11-6-15(25)20(16(26)7-11)18(9-19(33)34)32-10-31-21(35)13-8-12(3-4-17(13)32)36-22-14(23(27,28)29)2-1-5-30-22/h1-8,10,18H,9H2,(H,33,34). The van der Waals surface area contributed by atoms with Gasteiger partial charge >= 0.3 is 12.1 Å². The summed E-state index contributed by atoms with van der Waals surface area (Å²) < 4.78 is 88.5. The molecule has 36 heavy (non-hydrogen) atoms. The van der Waals surface area contributed by atoms with Crippen LogP contribution in [0.3, 0.4) is 0 Å². The minimum Gasteiger partial charge on any atom is -0.481 e. The fourth-order valence-corrected chi connectivity index (χ4v) is 3.65. The topological polar surface area (TPSA) is 94.3 Å². The zero-order valence-electron chi connectivity index (χ0n) is 17.8. The number of fused-ring (bicyclic) bond motifs is 1. The lowest BCUT2D eigenvalue weighted by molar-refractivity contribution is -0.139. The number of carbonyl (C=O) groups is 1. The van der Waals surface area contributed by atoms with Crippen molar-refractivity contribution in [3.05, 3.63) is 93.9 Å². The van der Waals surface area contributed by atoms with Gasteiger partial charge in [0.15, 0.2) is 0 Å². The number of hydrogen-bond donors (Lipinski definition) is 1. The molecule has 4 rings (SSSR count). The number of aromatic nitrogens is 3. The summed E-state index contributed by atoms with van der Waals surface area (Å²) in [5, 5.41) is 9.08. The molecular formula is C23H13F6N3O4. The van der Waals surface area contributed by atoms with Crippen molar-refractivity contribution in [1.82, 2.24) is 14.5 Å². The van der Waals surface area contributed by atoms with Crippen molar-refractivity contribution in [2.75, 3.05) is 0 Å². The number of pyridine rings is 1. The maximum atomic E-state index is 14.5. The van der Waals surface area contributed by atoms with Crippen molar-refractivity contribution >= 4 is 16.9 Å². The zero-order chi connectivity index (χ0) is 26.2. The van der Waals surface area contributed by atoms with Crippen LogP contribution in [-0.2, 0) is 11.0 Å². The molecule has 0 radical (unpaired) electrons. The van der Waals surface area contributed by atoms with E-state index in [1.807, 2.05) is 0 Å². The highest BCUT2D eigenvalue weighted by molar-refractivity contribution is 5.80. The van der Waals surface area contributed by atoms with E-state index in [4.69, 9.17) is 4.74 Å². The fourth-order valence-electron chi connectivity index (χ4n) is 3.65. The monoisotopic (exact) mass is 509 g/mol. The highest BCUT2D eigenvalue weighted by Gasteiger charge is 2.35. The van der Waals surface area contributed by atoms with E-state index >= 15 is 0 Å². The van der Waals surface area contributed by atoms with Crippen LogP contribution in [0.4, 0.5) is 26.3 Å². The molecule has 186 valence electrons. The van der Waals surface area contributed by atoms with Crippen molar-refractivity contribution in [2.24, 2.45) is 0 Å². The van der Waals surface area contributed by atoms with E-state index < -0.39 is 64.6 Å². The number of alkyl halides is 3. The van der Waals surface area contributed by atoms with Crippen LogP contribution in [0.2, 0.25) is 0 Å². The number of carboxylic acid groups (broad SMARTS) is 1. The molecule has 0 amide bonds. The van der Waals surface area contributed by atoms with Crippen LogP contribution >= 0.6 is 0 Å². The number of benzene rings is 2. The number of aliphatic carboxylic acids is 1. The predicted molar refractivity (Wildman–Crippen MR) is 112 cm³/mol. The van der Waals surface area contributed by atoms with E-state index in [1.54, 1.807) is 0 Å². The molecule has 4 aromatic rings. The van der Waals surface area contributed by atoms with Gasteiger partial charge in [0.05, 0.1) is 29.7 Å². The van der Waals surface area contributed by atoms with Gasteiger partial charge < -0.3 is 14.4 Å². The number of carboxylic acids is 1. The van der Waals surface area contributed by atoms with Crippen molar-refractivity contribution in [2.45, 2.75) is 18.6 Å². The lowest BCUT2D eigenvalue weighted by Gasteiger charge is -2.22. The zero-order valence-corrected chi connectivity index (χ0v) is 17.8. The first kappa shape index (κ1) is 24.7. The molecule has 2 aromatic carbocycles. The van der Waals surface area contributed by atoms with E-state index in [9.17, 15) is 41.0 Å². The molecule has 13 heteroatoms. The number of ether oxygens (including phenoxy) is 1. The van der Waals surface area contributed by atoms with Crippen LogP contribution in [0.15, 0.2) is 59.8 Å². The number of rotatable bonds is 6. The first-order valence-corrected chi connectivity index (χ1v) is 10.0. The molecule has 0 aliphatic carbocycles. The van der Waals surface area contributed by atoms with Crippen LogP contribution in [0, 0.1) is 17.5 Å². The average Bonchev–Trinajstić information content (AvgIpc) is 2.78. The van der Waals surface area contributed by atoms with Crippen LogP contribution < -0.4 is 10.3 Å². The van der Waals surface area contributed by atoms with Gasteiger partial charge in [-0.15, -0.1) is 0 Å². The molecule has 1 atom stereocenters. The fraction of sp³-hybridized carbons (Fsp3) is 0.130. The Bertz CT molecular complexity index is 1510. The third-order valence-electron chi connectivity index (χ3n) is 5.15. The third-order valence-corrected chi connectivity index (χ3v) is 5.15. The number of halogens is 6. The van der Waals surface area contributed by atoms with Gasteiger partial charge in [-0.3, -0.25) is 9.59 Å². The van der Waals surface area contributed by atoms with E-state index in [2.05, 4.69) is 9.97 Å². The summed E-state index contributed by atoms with van der Waals surface area (Å²) in [5.41, 5.74) is -2.89. The van der Waals surface area contributed by atoms with Gasteiger partial charge in [-0.2, -0.15) is 18.2 Å². The van der Waals surface area contributed by atoms with Gasteiger partial charge in [-0.05, 0) is 30.3 Å². The molecule has 1 unspecified atom stereocenters. The molecule has 0 bridgehead atoms. The molecule has 1 N–H and O–H groups in total. The minimum atomic E-state index is -4.78. The third kappa shape index (κ3) is 4.85. The largest absolute Gasteiger partial charge is 0.481 e. The minimum absolute atomic E-state index is 0.0613. The van der Waals surface area contributed by atoms with Gasteiger partial charge in [-0.1, -0.05) is 0 Å². The van der Waals surface area contributed by atoms with Crippen molar-refractivity contribution in [1.29, 1.82) is 0 Å². The van der Waals surface area contributed by atoms with E-state index in [0.717, 1.165) is 41.4 Å². The van der Waals surface area contributed by atoms with Crippen LogP contribution in [0.1, 0.15) is 23.6 Å².